The van der Waals surface area contributed by atoms with E-state index in [4.69, 9.17) is 0 Å². The highest BCUT2D eigenvalue weighted by molar-refractivity contribution is 7.17. The zero-order valence-electron chi connectivity index (χ0n) is 16.0. The summed E-state index contributed by atoms with van der Waals surface area (Å²) >= 11 is 1.47. The standard InChI is InChI=1S/C18H16N6O5S/c1-9-10(2)30-18-20-17(21-23(9)18)19-13(25)7-4-8-22-15(26)11-5-3-6-12(24(28)29)14(11)16(22)27/h3,5-6H,4,7-8H2,1-2H3,(H,19,21,25). The molecule has 0 unspecified atom stereocenters. The minimum absolute atomic E-state index is 0.00611. The van der Waals surface area contributed by atoms with Crippen molar-refractivity contribution in [2.75, 3.05) is 11.9 Å². The first kappa shape index (κ1) is 19.6. The van der Waals surface area contributed by atoms with Crippen molar-refractivity contribution in [3.63, 3.8) is 0 Å². The Labute approximate surface area is 173 Å². The van der Waals surface area contributed by atoms with Gasteiger partial charge in [0.05, 0.1) is 16.2 Å². The number of rotatable bonds is 6. The van der Waals surface area contributed by atoms with Crippen LogP contribution in [-0.2, 0) is 4.79 Å². The van der Waals surface area contributed by atoms with Gasteiger partial charge in [0.1, 0.15) is 5.56 Å². The second kappa shape index (κ2) is 7.30. The Hall–Kier alpha value is -3.67. The van der Waals surface area contributed by atoms with Crippen LogP contribution in [0.25, 0.3) is 4.96 Å². The quantitative estimate of drug-likeness (QED) is 0.361. The van der Waals surface area contributed by atoms with Crippen LogP contribution >= 0.6 is 11.3 Å². The lowest BCUT2D eigenvalue weighted by molar-refractivity contribution is -0.385. The normalized spacial score (nSPS) is 13.2. The van der Waals surface area contributed by atoms with E-state index in [-0.39, 0.29) is 42.4 Å². The summed E-state index contributed by atoms with van der Waals surface area (Å²) in [7, 11) is 0. The highest BCUT2D eigenvalue weighted by Crippen LogP contribution is 2.30. The molecule has 3 aromatic rings. The molecule has 4 rings (SSSR count). The molecular weight excluding hydrogens is 412 g/mol. The first-order valence-corrected chi connectivity index (χ1v) is 9.85. The fraction of sp³-hybridized carbons (Fsp3) is 0.278. The van der Waals surface area contributed by atoms with Gasteiger partial charge in [-0.25, -0.2) is 4.52 Å². The molecule has 0 bridgehead atoms. The Morgan fingerprint density at radius 1 is 1.27 bits per heavy atom. The third-order valence-electron chi connectivity index (χ3n) is 4.86. The first-order chi connectivity index (χ1) is 14.3. The number of aromatic nitrogens is 3. The Balaban J connectivity index is 1.37. The Morgan fingerprint density at radius 2 is 2.03 bits per heavy atom. The van der Waals surface area contributed by atoms with Crippen LogP contribution in [0.2, 0.25) is 0 Å². The summed E-state index contributed by atoms with van der Waals surface area (Å²) in [6.45, 7) is 3.84. The van der Waals surface area contributed by atoms with Crippen molar-refractivity contribution in [1.29, 1.82) is 0 Å². The van der Waals surface area contributed by atoms with Gasteiger partial charge in [-0.2, -0.15) is 4.98 Å². The lowest BCUT2D eigenvalue weighted by atomic mass is 10.1. The number of nitrogens with one attached hydrogen (secondary N) is 1. The lowest BCUT2D eigenvalue weighted by Gasteiger charge is -2.13. The van der Waals surface area contributed by atoms with E-state index in [1.807, 2.05) is 13.8 Å². The van der Waals surface area contributed by atoms with E-state index in [2.05, 4.69) is 15.4 Å². The van der Waals surface area contributed by atoms with Gasteiger partial charge in [0, 0.05) is 23.9 Å². The second-order valence-electron chi connectivity index (χ2n) is 6.74. The molecule has 2 aromatic heterocycles. The lowest BCUT2D eigenvalue weighted by Crippen LogP contribution is -2.31. The fourth-order valence-corrected chi connectivity index (χ4v) is 4.16. The number of nitro benzene ring substituents is 1. The average molecular weight is 428 g/mol. The van der Waals surface area contributed by atoms with Gasteiger partial charge >= 0.3 is 0 Å². The van der Waals surface area contributed by atoms with Crippen molar-refractivity contribution < 1.29 is 19.3 Å². The molecule has 0 spiro atoms. The maximum Gasteiger partial charge on any atom is 0.282 e. The van der Waals surface area contributed by atoms with Crippen LogP contribution in [0.3, 0.4) is 0 Å². The van der Waals surface area contributed by atoms with Gasteiger partial charge in [0.2, 0.25) is 16.8 Å². The number of amides is 3. The second-order valence-corrected chi connectivity index (χ2v) is 7.93. The van der Waals surface area contributed by atoms with Crippen molar-refractivity contribution >= 4 is 45.7 Å². The largest absolute Gasteiger partial charge is 0.293 e. The molecule has 30 heavy (non-hydrogen) atoms. The summed E-state index contributed by atoms with van der Waals surface area (Å²) in [4.78, 5) is 54.5. The molecule has 3 heterocycles. The molecule has 154 valence electrons. The Kier molecular flexibility index (Phi) is 4.78. The molecule has 0 saturated carbocycles. The number of carbonyl (C=O) groups is 3. The molecule has 0 radical (unpaired) electrons. The number of imide groups is 1. The van der Waals surface area contributed by atoms with E-state index in [1.54, 1.807) is 4.52 Å². The maximum absolute atomic E-state index is 12.5. The number of hydrogen-bond donors (Lipinski definition) is 1. The molecule has 1 aliphatic heterocycles. The van der Waals surface area contributed by atoms with Gasteiger partial charge in [0.25, 0.3) is 17.5 Å². The molecule has 1 N–H and O–H groups in total. The summed E-state index contributed by atoms with van der Waals surface area (Å²) in [5.74, 6) is -1.48. The predicted octanol–water partition coefficient (Wildman–Crippen LogP) is 2.33. The van der Waals surface area contributed by atoms with Gasteiger partial charge in [0.15, 0.2) is 0 Å². The van der Waals surface area contributed by atoms with Crippen molar-refractivity contribution in [3.05, 3.63) is 50.0 Å². The van der Waals surface area contributed by atoms with Gasteiger partial charge in [-0.15, -0.1) is 5.10 Å². The van der Waals surface area contributed by atoms with Crippen LogP contribution in [0.15, 0.2) is 18.2 Å². The summed E-state index contributed by atoms with van der Waals surface area (Å²) in [6.07, 6.45) is 0.228. The molecule has 3 amide bonds. The van der Waals surface area contributed by atoms with E-state index >= 15 is 0 Å². The number of thiazole rings is 1. The number of aryl methyl sites for hydroxylation is 2. The van der Waals surface area contributed by atoms with E-state index in [1.165, 1.54) is 29.5 Å². The van der Waals surface area contributed by atoms with Gasteiger partial charge in [-0.3, -0.25) is 34.7 Å². The van der Waals surface area contributed by atoms with Crippen LogP contribution in [0.1, 0.15) is 44.1 Å². The molecule has 11 nitrogen and oxygen atoms in total. The topological polar surface area (TPSA) is 140 Å². The number of fused-ring (bicyclic) bond motifs is 2. The summed E-state index contributed by atoms with van der Waals surface area (Å²) in [5, 5.41) is 18.0. The highest BCUT2D eigenvalue weighted by Gasteiger charge is 2.40. The van der Waals surface area contributed by atoms with Gasteiger partial charge in [-0.1, -0.05) is 17.4 Å². The van der Waals surface area contributed by atoms with Crippen LogP contribution < -0.4 is 5.32 Å². The van der Waals surface area contributed by atoms with E-state index in [0.717, 1.165) is 15.5 Å². The molecule has 1 aromatic carbocycles. The van der Waals surface area contributed by atoms with Gasteiger partial charge < -0.3 is 0 Å². The summed E-state index contributed by atoms with van der Waals surface area (Å²) < 4.78 is 1.65. The summed E-state index contributed by atoms with van der Waals surface area (Å²) in [6, 6.07) is 3.94. The van der Waals surface area contributed by atoms with Crippen LogP contribution in [0.5, 0.6) is 0 Å². The minimum atomic E-state index is -0.718. The number of nitro groups is 1. The Morgan fingerprint density at radius 3 is 2.73 bits per heavy atom. The minimum Gasteiger partial charge on any atom is -0.293 e. The smallest absolute Gasteiger partial charge is 0.282 e. The zero-order chi connectivity index (χ0) is 21.6. The third kappa shape index (κ3) is 3.20. The summed E-state index contributed by atoms with van der Waals surface area (Å²) in [5.41, 5.74) is 0.349. The maximum atomic E-state index is 12.5. The number of carbonyl (C=O) groups excluding carboxylic acids is 3. The van der Waals surface area contributed by atoms with E-state index in [9.17, 15) is 24.5 Å². The highest BCUT2D eigenvalue weighted by atomic mass is 32.1. The molecule has 0 atom stereocenters. The number of benzene rings is 1. The van der Waals surface area contributed by atoms with Crippen molar-refractivity contribution in [1.82, 2.24) is 19.5 Å². The van der Waals surface area contributed by atoms with Crippen LogP contribution in [0, 0.1) is 24.0 Å². The van der Waals surface area contributed by atoms with Crippen LogP contribution in [0.4, 0.5) is 11.6 Å². The first-order valence-electron chi connectivity index (χ1n) is 9.04. The molecule has 0 saturated heterocycles. The van der Waals surface area contributed by atoms with Crippen LogP contribution in [-0.4, -0.2) is 48.7 Å². The number of anilines is 1. The van der Waals surface area contributed by atoms with E-state index in [0.29, 0.717) is 4.96 Å². The predicted molar refractivity (Wildman–Crippen MR) is 107 cm³/mol. The molecule has 0 fully saturated rings. The molecule has 1 aliphatic rings. The Bertz CT molecular complexity index is 1230. The zero-order valence-corrected chi connectivity index (χ0v) is 16.9. The fourth-order valence-electron chi connectivity index (χ4n) is 3.25. The van der Waals surface area contributed by atoms with Crippen molar-refractivity contribution in [2.24, 2.45) is 0 Å². The molecule has 0 aliphatic carbocycles. The third-order valence-corrected chi connectivity index (χ3v) is 5.91. The van der Waals surface area contributed by atoms with Gasteiger partial charge in [-0.05, 0) is 26.3 Å². The van der Waals surface area contributed by atoms with Crippen molar-refractivity contribution in [2.45, 2.75) is 26.7 Å². The molecule has 12 heteroatoms. The van der Waals surface area contributed by atoms with E-state index < -0.39 is 22.4 Å². The SMILES string of the molecule is Cc1sc2nc(NC(=O)CCCN3C(=O)c4cccc([N+](=O)[O-])c4C3=O)nn2c1C. The number of nitrogens with zero attached hydrogens (tertiary/aromatic N) is 5. The van der Waals surface area contributed by atoms with Crippen molar-refractivity contribution in [3.8, 4) is 0 Å². The molecular formula is C18H16N6O5S. The monoisotopic (exact) mass is 428 g/mol. The number of hydrogen-bond acceptors (Lipinski definition) is 8. The average Bonchev–Trinajstić information content (AvgIpc) is 3.29.